The maximum Gasteiger partial charge on any atom is 0.391 e. The van der Waals surface area contributed by atoms with E-state index >= 15 is 0 Å². The van der Waals surface area contributed by atoms with Gasteiger partial charge < -0.3 is 9.84 Å². The predicted molar refractivity (Wildman–Crippen MR) is 49.6 cm³/mol. The number of halogens is 3. The van der Waals surface area contributed by atoms with E-state index in [9.17, 15) is 23.1 Å². The van der Waals surface area contributed by atoms with E-state index in [0.717, 1.165) is 0 Å². The third-order valence-electron chi connectivity index (χ3n) is 2.85. The fourth-order valence-corrected chi connectivity index (χ4v) is 1.98. The van der Waals surface area contributed by atoms with Crippen LogP contribution < -0.4 is 0 Å². The molecule has 0 aromatic rings. The summed E-state index contributed by atoms with van der Waals surface area (Å²) in [6, 6.07) is 0. The van der Waals surface area contributed by atoms with Crippen LogP contribution in [0.15, 0.2) is 0 Å². The molecule has 1 aliphatic rings. The van der Waals surface area contributed by atoms with Crippen LogP contribution in [0.4, 0.5) is 13.2 Å². The van der Waals surface area contributed by atoms with Crippen molar-refractivity contribution in [3.63, 3.8) is 0 Å². The lowest BCUT2D eigenvalue weighted by atomic mass is 9.78. The third-order valence-corrected chi connectivity index (χ3v) is 2.85. The SMILES string of the molecule is CCOC(=O)C1(O)CCCC(C(F)(F)F)C1. The third kappa shape index (κ3) is 2.87. The van der Waals surface area contributed by atoms with Gasteiger partial charge in [-0.15, -0.1) is 0 Å². The number of rotatable bonds is 2. The molecule has 1 N–H and O–H groups in total. The molecular weight excluding hydrogens is 225 g/mol. The summed E-state index contributed by atoms with van der Waals surface area (Å²) in [5.41, 5.74) is -1.96. The Bertz CT molecular complexity index is 265. The zero-order valence-corrected chi connectivity index (χ0v) is 9.01. The Morgan fingerprint density at radius 1 is 1.56 bits per heavy atom. The molecule has 0 saturated heterocycles. The maximum atomic E-state index is 12.5. The van der Waals surface area contributed by atoms with Crippen molar-refractivity contribution in [2.45, 2.75) is 44.4 Å². The molecule has 2 atom stereocenters. The number of hydrogen-bond donors (Lipinski definition) is 1. The smallest absolute Gasteiger partial charge is 0.391 e. The Morgan fingerprint density at radius 3 is 2.69 bits per heavy atom. The van der Waals surface area contributed by atoms with Crippen LogP contribution in [0.5, 0.6) is 0 Å². The van der Waals surface area contributed by atoms with Crippen molar-refractivity contribution in [3.8, 4) is 0 Å². The first kappa shape index (κ1) is 13.3. The van der Waals surface area contributed by atoms with Gasteiger partial charge in [0.2, 0.25) is 0 Å². The summed E-state index contributed by atoms with van der Waals surface area (Å²) in [7, 11) is 0. The Kier molecular flexibility index (Phi) is 3.83. The quantitative estimate of drug-likeness (QED) is 0.751. The van der Waals surface area contributed by atoms with Crippen LogP contribution in [0, 0.1) is 5.92 Å². The normalized spacial score (nSPS) is 31.2. The molecule has 0 heterocycles. The van der Waals surface area contributed by atoms with Crippen LogP contribution in [0.2, 0.25) is 0 Å². The van der Waals surface area contributed by atoms with Gasteiger partial charge in [-0.2, -0.15) is 13.2 Å². The van der Waals surface area contributed by atoms with E-state index < -0.39 is 30.1 Å². The second-order valence-corrected chi connectivity index (χ2v) is 4.09. The molecule has 2 unspecified atom stereocenters. The summed E-state index contributed by atoms with van der Waals surface area (Å²) in [5.74, 6) is -2.56. The van der Waals surface area contributed by atoms with E-state index in [1.165, 1.54) is 0 Å². The molecule has 0 aromatic heterocycles. The topological polar surface area (TPSA) is 46.5 Å². The number of alkyl halides is 3. The molecule has 0 bridgehead atoms. The van der Waals surface area contributed by atoms with Crippen molar-refractivity contribution >= 4 is 5.97 Å². The maximum absolute atomic E-state index is 12.5. The molecule has 0 amide bonds. The summed E-state index contributed by atoms with van der Waals surface area (Å²) < 4.78 is 42.0. The summed E-state index contributed by atoms with van der Waals surface area (Å²) in [6.45, 7) is 1.60. The number of carbonyl (C=O) groups excluding carboxylic acids is 1. The van der Waals surface area contributed by atoms with Crippen LogP contribution >= 0.6 is 0 Å². The Labute approximate surface area is 91.6 Å². The molecule has 3 nitrogen and oxygen atoms in total. The minimum absolute atomic E-state index is 0.0365. The first-order valence-corrected chi connectivity index (χ1v) is 5.26. The van der Waals surface area contributed by atoms with Gasteiger partial charge in [-0.1, -0.05) is 0 Å². The lowest BCUT2D eigenvalue weighted by molar-refractivity contribution is -0.208. The molecule has 16 heavy (non-hydrogen) atoms. The number of ether oxygens (including phenoxy) is 1. The molecule has 1 fully saturated rings. The fourth-order valence-electron chi connectivity index (χ4n) is 1.98. The highest BCUT2D eigenvalue weighted by atomic mass is 19.4. The van der Waals surface area contributed by atoms with Crippen LogP contribution in [0.25, 0.3) is 0 Å². The van der Waals surface area contributed by atoms with Gasteiger partial charge in [-0.25, -0.2) is 4.79 Å². The highest BCUT2D eigenvalue weighted by Crippen LogP contribution is 2.42. The van der Waals surface area contributed by atoms with E-state index in [2.05, 4.69) is 4.74 Å². The van der Waals surface area contributed by atoms with E-state index in [1.54, 1.807) is 6.92 Å². The minimum Gasteiger partial charge on any atom is -0.464 e. The molecule has 0 aromatic carbocycles. The lowest BCUT2D eigenvalue weighted by Gasteiger charge is -2.35. The Morgan fingerprint density at radius 2 is 2.19 bits per heavy atom. The van der Waals surface area contributed by atoms with Gasteiger partial charge in [-0.3, -0.25) is 0 Å². The second kappa shape index (κ2) is 4.61. The average Bonchev–Trinajstić information content (AvgIpc) is 2.17. The molecule has 1 saturated carbocycles. The van der Waals surface area contributed by atoms with Crippen LogP contribution in [-0.4, -0.2) is 29.5 Å². The first-order chi connectivity index (χ1) is 7.29. The zero-order chi connectivity index (χ0) is 12.4. The standard InChI is InChI=1S/C10H15F3O3/c1-2-16-8(14)9(15)5-3-4-7(6-9)10(11,12)13/h7,15H,2-6H2,1H3. The monoisotopic (exact) mass is 240 g/mol. The molecule has 6 heteroatoms. The van der Waals surface area contributed by atoms with Gasteiger partial charge in [0.25, 0.3) is 0 Å². The number of carbonyl (C=O) groups is 1. The van der Waals surface area contributed by atoms with Gasteiger partial charge >= 0.3 is 12.1 Å². The molecule has 1 rings (SSSR count). The van der Waals surface area contributed by atoms with Gasteiger partial charge in [0.1, 0.15) is 0 Å². The number of esters is 1. The van der Waals surface area contributed by atoms with Crippen molar-refractivity contribution in [2.75, 3.05) is 6.61 Å². The molecule has 0 aliphatic heterocycles. The minimum atomic E-state index is -4.36. The van der Waals surface area contributed by atoms with Gasteiger partial charge in [0.15, 0.2) is 5.60 Å². The summed E-state index contributed by atoms with van der Waals surface area (Å²) in [5, 5.41) is 9.83. The van der Waals surface area contributed by atoms with Crippen molar-refractivity contribution in [2.24, 2.45) is 5.92 Å². The second-order valence-electron chi connectivity index (χ2n) is 4.09. The van der Waals surface area contributed by atoms with Crippen molar-refractivity contribution in [1.82, 2.24) is 0 Å². The van der Waals surface area contributed by atoms with Gasteiger partial charge in [0, 0.05) is 0 Å². The summed E-state index contributed by atoms with van der Waals surface area (Å²) in [6.07, 6.45) is -4.76. The molecule has 1 aliphatic carbocycles. The predicted octanol–water partition coefficient (Wildman–Crippen LogP) is 2.03. The fraction of sp³-hybridized carbons (Fsp3) is 0.900. The molecule has 94 valence electrons. The average molecular weight is 240 g/mol. The van der Waals surface area contributed by atoms with Crippen molar-refractivity contribution < 1.29 is 27.8 Å². The van der Waals surface area contributed by atoms with Crippen LogP contribution in [0.1, 0.15) is 32.6 Å². The zero-order valence-electron chi connectivity index (χ0n) is 9.01. The highest BCUT2D eigenvalue weighted by Gasteiger charge is 2.50. The van der Waals surface area contributed by atoms with E-state index in [1.807, 2.05) is 0 Å². The van der Waals surface area contributed by atoms with Gasteiger partial charge in [0.05, 0.1) is 12.5 Å². The molecule has 0 spiro atoms. The van der Waals surface area contributed by atoms with E-state index in [4.69, 9.17) is 0 Å². The molecule has 0 radical (unpaired) electrons. The number of aliphatic hydroxyl groups is 1. The number of hydrogen-bond acceptors (Lipinski definition) is 3. The molecular formula is C10H15F3O3. The Hall–Kier alpha value is -0.780. The summed E-state index contributed by atoms with van der Waals surface area (Å²) >= 11 is 0. The highest BCUT2D eigenvalue weighted by molar-refractivity contribution is 5.79. The van der Waals surface area contributed by atoms with Crippen molar-refractivity contribution in [3.05, 3.63) is 0 Å². The largest absolute Gasteiger partial charge is 0.464 e. The summed E-state index contributed by atoms with van der Waals surface area (Å²) in [4.78, 5) is 11.4. The van der Waals surface area contributed by atoms with E-state index in [-0.39, 0.29) is 25.9 Å². The van der Waals surface area contributed by atoms with Crippen molar-refractivity contribution in [1.29, 1.82) is 0 Å². The lowest BCUT2D eigenvalue weighted by Crippen LogP contribution is -2.47. The Balaban J connectivity index is 2.72. The first-order valence-electron chi connectivity index (χ1n) is 5.26. The van der Waals surface area contributed by atoms with Crippen LogP contribution in [-0.2, 0) is 9.53 Å². The van der Waals surface area contributed by atoms with E-state index in [0.29, 0.717) is 0 Å². The van der Waals surface area contributed by atoms with Gasteiger partial charge in [-0.05, 0) is 32.6 Å². The van der Waals surface area contributed by atoms with Crippen LogP contribution in [0.3, 0.4) is 0 Å².